The van der Waals surface area contributed by atoms with Crippen molar-refractivity contribution in [1.82, 2.24) is 0 Å². The molecule has 118 valence electrons. The average molecular weight is 314 g/mol. The summed E-state index contributed by atoms with van der Waals surface area (Å²) in [5, 5.41) is 13.1. The van der Waals surface area contributed by atoms with Crippen LogP contribution in [-0.4, -0.2) is 45.5 Å². The van der Waals surface area contributed by atoms with Crippen LogP contribution in [0.25, 0.3) is 0 Å². The van der Waals surface area contributed by atoms with Crippen LogP contribution < -0.4 is 10.2 Å². The van der Waals surface area contributed by atoms with Crippen LogP contribution in [0.2, 0.25) is 0 Å². The molecule has 0 aliphatic rings. The standard InChI is InChI=1S/C14H22N2O4S/c1-9-12(15-3)6-11(14(18)8-21(5,19)20)7-13(9)16(4)10(2)17/h6-7,14-15,18H,8H2,1-5H3. The van der Waals surface area contributed by atoms with Gasteiger partial charge in [0.25, 0.3) is 0 Å². The summed E-state index contributed by atoms with van der Waals surface area (Å²) in [7, 11) is 0.0629. The summed E-state index contributed by atoms with van der Waals surface area (Å²) in [6.07, 6.45) is -0.0572. The molecule has 0 spiro atoms. The maximum absolute atomic E-state index is 11.6. The van der Waals surface area contributed by atoms with E-state index in [1.807, 2.05) is 6.92 Å². The van der Waals surface area contributed by atoms with Gasteiger partial charge in [-0.15, -0.1) is 0 Å². The molecule has 0 aromatic heterocycles. The number of nitrogens with zero attached hydrogens (tertiary/aromatic N) is 1. The lowest BCUT2D eigenvalue weighted by Gasteiger charge is -2.22. The molecule has 1 atom stereocenters. The van der Waals surface area contributed by atoms with Crippen molar-refractivity contribution in [3.05, 3.63) is 23.3 Å². The molecule has 0 saturated heterocycles. The fraction of sp³-hybridized carbons (Fsp3) is 0.500. The van der Waals surface area contributed by atoms with Crippen LogP contribution in [0.15, 0.2) is 12.1 Å². The zero-order valence-corrected chi connectivity index (χ0v) is 13.8. The molecule has 6 nitrogen and oxygen atoms in total. The van der Waals surface area contributed by atoms with Gasteiger partial charge in [0, 0.05) is 38.6 Å². The number of benzene rings is 1. The van der Waals surface area contributed by atoms with Crippen molar-refractivity contribution in [3.8, 4) is 0 Å². The summed E-state index contributed by atoms with van der Waals surface area (Å²) in [6.45, 7) is 3.30. The lowest BCUT2D eigenvalue weighted by atomic mass is 10.0. The molecule has 0 aliphatic carbocycles. The summed E-state index contributed by atoms with van der Waals surface area (Å²) in [4.78, 5) is 13.0. The van der Waals surface area contributed by atoms with Crippen molar-refractivity contribution < 1.29 is 18.3 Å². The topological polar surface area (TPSA) is 86.7 Å². The van der Waals surface area contributed by atoms with Gasteiger partial charge in [-0.3, -0.25) is 4.79 Å². The van der Waals surface area contributed by atoms with Gasteiger partial charge in [-0.1, -0.05) is 0 Å². The van der Waals surface area contributed by atoms with Gasteiger partial charge >= 0.3 is 0 Å². The van der Waals surface area contributed by atoms with Gasteiger partial charge in [0.2, 0.25) is 5.91 Å². The van der Waals surface area contributed by atoms with Gasteiger partial charge in [-0.25, -0.2) is 8.42 Å². The number of carbonyl (C=O) groups excluding carboxylic acids is 1. The smallest absolute Gasteiger partial charge is 0.223 e. The van der Waals surface area contributed by atoms with Crippen LogP contribution in [0.4, 0.5) is 11.4 Å². The Labute approximate surface area is 125 Å². The average Bonchev–Trinajstić information content (AvgIpc) is 2.35. The van der Waals surface area contributed by atoms with Crippen LogP contribution in [-0.2, 0) is 14.6 Å². The zero-order valence-electron chi connectivity index (χ0n) is 13.0. The number of rotatable bonds is 5. The van der Waals surface area contributed by atoms with Gasteiger partial charge in [0.05, 0.1) is 11.9 Å². The first-order valence-electron chi connectivity index (χ1n) is 6.49. The number of hydrogen-bond acceptors (Lipinski definition) is 5. The lowest BCUT2D eigenvalue weighted by molar-refractivity contribution is -0.116. The van der Waals surface area contributed by atoms with E-state index in [0.717, 1.165) is 17.5 Å². The molecule has 0 fully saturated rings. The second-order valence-electron chi connectivity index (χ2n) is 5.15. The third kappa shape index (κ3) is 4.44. The van der Waals surface area contributed by atoms with Crippen molar-refractivity contribution in [2.45, 2.75) is 20.0 Å². The van der Waals surface area contributed by atoms with Crippen molar-refractivity contribution in [3.63, 3.8) is 0 Å². The highest BCUT2D eigenvalue weighted by molar-refractivity contribution is 7.90. The number of anilines is 2. The zero-order chi connectivity index (χ0) is 16.4. The monoisotopic (exact) mass is 314 g/mol. The molecular weight excluding hydrogens is 292 g/mol. The molecule has 0 heterocycles. The van der Waals surface area contributed by atoms with E-state index in [1.165, 1.54) is 11.8 Å². The fourth-order valence-electron chi connectivity index (χ4n) is 2.07. The van der Waals surface area contributed by atoms with Crippen molar-refractivity contribution in [1.29, 1.82) is 0 Å². The van der Waals surface area contributed by atoms with E-state index < -0.39 is 15.9 Å². The quantitative estimate of drug-likeness (QED) is 0.850. The first kappa shape index (κ1) is 17.5. The van der Waals surface area contributed by atoms with Crippen LogP contribution in [0.3, 0.4) is 0 Å². The molecule has 7 heteroatoms. The van der Waals surface area contributed by atoms with Crippen LogP contribution in [0.5, 0.6) is 0 Å². The third-order valence-corrected chi connectivity index (χ3v) is 4.27. The van der Waals surface area contributed by atoms with Crippen molar-refractivity contribution in [2.24, 2.45) is 0 Å². The highest BCUT2D eigenvalue weighted by Gasteiger charge is 2.19. The number of aliphatic hydroxyl groups excluding tert-OH is 1. The maximum Gasteiger partial charge on any atom is 0.223 e. The number of amides is 1. The Morgan fingerprint density at radius 3 is 2.43 bits per heavy atom. The molecule has 0 radical (unpaired) electrons. The number of carbonyl (C=O) groups is 1. The summed E-state index contributed by atoms with van der Waals surface area (Å²) >= 11 is 0. The molecule has 1 unspecified atom stereocenters. The van der Waals surface area contributed by atoms with E-state index in [1.54, 1.807) is 26.2 Å². The first-order valence-corrected chi connectivity index (χ1v) is 8.55. The van der Waals surface area contributed by atoms with E-state index in [2.05, 4.69) is 5.32 Å². The van der Waals surface area contributed by atoms with Crippen molar-refractivity contribution >= 4 is 27.1 Å². The molecule has 0 saturated carbocycles. The Morgan fingerprint density at radius 1 is 1.43 bits per heavy atom. The second-order valence-corrected chi connectivity index (χ2v) is 7.33. The van der Waals surface area contributed by atoms with E-state index >= 15 is 0 Å². The molecule has 0 bridgehead atoms. The highest BCUT2D eigenvalue weighted by Crippen LogP contribution is 2.31. The molecule has 1 aromatic rings. The van der Waals surface area contributed by atoms with E-state index in [0.29, 0.717) is 11.3 Å². The largest absolute Gasteiger partial charge is 0.388 e. The number of aliphatic hydroxyl groups is 1. The molecule has 1 rings (SSSR count). The van der Waals surface area contributed by atoms with Crippen LogP contribution >= 0.6 is 0 Å². The fourth-order valence-corrected chi connectivity index (χ4v) is 2.84. The molecule has 21 heavy (non-hydrogen) atoms. The van der Waals surface area contributed by atoms with Gasteiger partial charge in [-0.05, 0) is 30.2 Å². The SMILES string of the molecule is CNc1cc(C(O)CS(C)(=O)=O)cc(N(C)C(C)=O)c1C. The number of nitrogens with one attached hydrogen (secondary N) is 1. The predicted molar refractivity (Wildman–Crippen MR) is 84.5 cm³/mol. The van der Waals surface area contributed by atoms with Gasteiger partial charge in [0.1, 0.15) is 9.84 Å². The Hall–Kier alpha value is -1.60. The summed E-state index contributed by atoms with van der Waals surface area (Å²) in [6, 6.07) is 3.34. The Balaban J connectivity index is 3.35. The third-order valence-electron chi connectivity index (χ3n) is 3.35. The maximum atomic E-state index is 11.6. The Kier molecular flexibility index (Phi) is 5.36. The van der Waals surface area contributed by atoms with E-state index in [4.69, 9.17) is 0 Å². The molecule has 1 aromatic carbocycles. The minimum absolute atomic E-state index is 0.144. The molecular formula is C14H22N2O4S. The van der Waals surface area contributed by atoms with Crippen molar-refractivity contribution in [2.75, 3.05) is 36.3 Å². The number of hydrogen-bond donors (Lipinski definition) is 2. The molecule has 0 aliphatic heterocycles. The molecule has 2 N–H and O–H groups in total. The second kappa shape index (κ2) is 6.44. The predicted octanol–water partition coefficient (Wildman–Crippen LogP) is 1.10. The molecule has 1 amide bonds. The van der Waals surface area contributed by atoms with Gasteiger partial charge < -0.3 is 15.3 Å². The van der Waals surface area contributed by atoms with E-state index in [9.17, 15) is 18.3 Å². The van der Waals surface area contributed by atoms with Crippen LogP contribution in [0, 0.1) is 6.92 Å². The van der Waals surface area contributed by atoms with Crippen LogP contribution in [0.1, 0.15) is 24.2 Å². The van der Waals surface area contributed by atoms with Gasteiger partial charge in [0.15, 0.2) is 0 Å². The van der Waals surface area contributed by atoms with Gasteiger partial charge in [-0.2, -0.15) is 0 Å². The summed E-state index contributed by atoms with van der Waals surface area (Å²) in [5.74, 6) is -0.502. The minimum Gasteiger partial charge on any atom is -0.388 e. The van der Waals surface area contributed by atoms with E-state index in [-0.39, 0.29) is 11.7 Å². The summed E-state index contributed by atoms with van der Waals surface area (Å²) in [5.41, 5.74) is 2.68. The Morgan fingerprint density at radius 2 is 2.00 bits per heavy atom. The minimum atomic E-state index is -3.30. The first-order chi connectivity index (χ1) is 9.56. The summed E-state index contributed by atoms with van der Waals surface area (Å²) < 4.78 is 22.6. The normalized spacial score (nSPS) is 12.9. The lowest BCUT2D eigenvalue weighted by Crippen LogP contribution is -2.24. The Bertz CT molecular complexity index is 641. The number of sulfone groups is 1. The highest BCUT2D eigenvalue weighted by atomic mass is 32.2.